The SMILES string of the molecule is COC1CNC(C(=O)NCC(C)SC)C1. The number of ether oxygens (including phenoxy) is 1. The fraction of sp³-hybridized carbons (Fsp3) is 0.900. The van der Waals surface area contributed by atoms with E-state index in [1.807, 2.05) is 6.26 Å². The monoisotopic (exact) mass is 232 g/mol. The maximum Gasteiger partial charge on any atom is 0.237 e. The molecule has 3 unspecified atom stereocenters. The molecule has 15 heavy (non-hydrogen) atoms. The Hall–Kier alpha value is -0.260. The standard InChI is InChI=1S/C10H20N2O2S/c1-7(15-3)5-12-10(13)9-4-8(14-2)6-11-9/h7-9,11H,4-6H2,1-3H3,(H,12,13). The molecule has 4 nitrogen and oxygen atoms in total. The molecule has 0 radical (unpaired) electrons. The fourth-order valence-corrected chi connectivity index (χ4v) is 1.78. The molecule has 3 atom stereocenters. The largest absolute Gasteiger partial charge is 0.380 e. The van der Waals surface area contributed by atoms with Crippen LogP contribution in [0.1, 0.15) is 13.3 Å². The molecule has 1 rings (SSSR count). The average Bonchev–Trinajstić information content (AvgIpc) is 2.73. The average molecular weight is 232 g/mol. The second-order valence-corrected chi connectivity index (χ2v) is 5.12. The Bertz CT molecular complexity index is 214. The summed E-state index contributed by atoms with van der Waals surface area (Å²) in [5.74, 6) is 0.0930. The summed E-state index contributed by atoms with van der Waals surface area (Å²) in [6.07, 6.45) is 3.00. The lowest BCUT2D eigenvalue weighted by molar-refractivity contribution is -0.122. The number of amides is 1. The Labute approximate surface area is 95.5 Å². The highest BCUT2D eigenvalue weighted by molar-refractivity contribution is 7.99. The molecule has 1 heterocycles. The van der Waals surface area contributed by atoms with Crippen LogP contribution in [0.25, 0.3) is 0 Å². The van der Waals surface area contributed by atoms with Gasteiger partial charge >= 0.3 is 0 Å². The zero-order valence-corrected chi connectivity index (χ0v) is 10.4. The molecular weight excluding hydrogens is 212 g/mol. The van der Waals surface area contributed by atoms with E-state index in [1.165, 1.54) is 0 Å². The van der Waals surface area contributed by atoms with Crippen molar-refractivity contribution >= 4 is 17.7 Å². The van der Waals surface area contributed by atoms with E-state index in [9.17, 15) is 4.79 Å². The van der Waals surface area contributed by atoms with Gasteiger partial charge in [-0.15, -0.1) is 0 Å². The van der Waals surface area contributed by atoms with Gasteiger partial charge in [-0.1, -0.05) is 6.92 Å². The lowest BCUT2D eigenvalue weighted by Crippen LogP contribution is -2.42. The van der Waals surface area contributed by atoms with E-state index >= 15 is 0 Å². The lowest BCUT2D eigenvalue weighted by atomic mass is 10.2. The second kappa shape index (κ2) is 6.35. The van der Waals surface area contributed by atoms with Gasteiger partial charge in [0.1, 0.15) is 0 Å². The smallest absolute Gasteiger partial charge is 0.237 e. The van der Waals surface area contributed by atoms with Crippen molar-refractivity contribution in [2.24, 2.45) is 0 Å². The van der Waals surface area contributed by atoms with Crippen LogP contribution in [0.4, 0.5) is 0 Å². The molecule has 0 aromatic rings. The third-order valence-corrected chi connectivity index (χ3v) is 3.68. The molecule has 88 valence electrons. The van der Waals surface area contributed by atoms with Crippen LogP contribution in [-0.4, -0.2) is 49.8 Å². The molecule has 1 fully saturated rings. The molecule has 0 bridgehead atoms. The molecule has 0 aromatic heterocycles. The molecule has 1 amide bonds. The van der Waals surface area contributed by atoms with Crippen LogP contribution in [0.15, 0.2) is 0 Å². The number of hydrogen-bond acceptors (Lipinski definition) is 4. The highest BCUT2D eigenvalue weighted by atomic mass is 32.2. The van der Waals surface area contributed by atoms with Crippen LogP contribution < -0.4 is 10.6 Å². The van der Waals surface area contributed by atoms with Gasteiger partial charge < -0.3 is 15.4 Å². The van der Waals surface area contributed by atoms with E-state index in [4.69, 9.17) is 4.74 Å². The fourth-order valence-electron chi connectivity index (χ4n) is 1.53. The predicted molar refractivity (Wildman–Crippen MR) is 63.2 cm³/mol. The highest BCUT2D eigenvalue weighted by Crippen LogP contribution is 2.10. The van der Waals surface area contributed by atoms with Gasteiger partial charge in [-0.25, -0.2) is 0 Å². The van der Waals surface area contributed by atoms with Crippen LogP contribution in [-0.2, 0) is 9.53 Å². The van der Waals surface area contributed by atoms with Crippen molar-refractivity contribution < 1.29 is 9.53 Å². The Morgan fingerprint density at radius 2 is 2.47 bits per heavy atom. The second-order valence-electron chi connectivity index (χ2n) is 3.85. The van der Waals surface area contributed by atoms with E-state index < -0.39 is 0 Å². The molecule has 0 aromatic carbocycles. The summed E-state index contributed by atoms with van der Waals surface area (Å²) < 4.78 is 5.19. The Balaban J connectivity index is 2.23. The molecule has 5 heteroatoms. The van der Waals surface area contributed by atoms with E-state index in [0.717, 1.165) is 19.5 Å². The molecule has 1 saturated heterocycles. The van der Waals surface area contributed by atoms with Crippen molar-refractivity contribution in [2.75, 3.05) is 26.5 Å². The number of hydrogen-bond donors (Lipinski definition) is 2. The summed E-state index contributed by atoms with van der Waals surface area (Å²) in [4.78, 5) is 11.7. The van der Waals surface area contributed by atoms with Crippen molar-refractivity contribution in [1.29, 1.82) is 0 Å². The maximum atomic E-state index is 11.7. The van der Waals surface area contributed by atoms with Crippen molar-refractivity contribution in [1.82, 2.24) is 10.6 Å². The van der Waals surface area contributed by atoms with Crippen LogP contribution in [0.3, 0.4) is 0 Å². The number of carbonyl (C=O) groups excluding carboxylic acids is 1. The number of carbonyl (C=O) groups is 1. The molecule has 1 aliphatic rings. The summed E-state index contributed by atoms with van der Waals surface area (Å²) in [5, 5.41) is 6.56. The first kappa shape index (κ1) is 12.8. The van der Waals surface area contributed by atoms with Crippen molar-refractivity contribution in [3.8, 4) is 0 Å². The van der Waals surface area contributed by atoms with Gasteiger partial charge in [0.15, 0.2) is 0 Å². The first-order chi connectivity index (χ1) is 7.17. The minimum atomic E-state index is -0.0796. The van der Waals surface area contributed by atoms with Gasteiger partial charge in [-0.2, -0.15) is 11.8 Å². The summed E-state index contributed by atoms with van der Waals surface area (Å²) in [6, 6.07) is -0.0796. The van der Waals surface area contributed by atoms with Gasteiger partial charge in [0.2, 0.25) is 5.91 Å². The quantitative estimate of drug-likeness (QED) is 0.712. The Morgan fingerprint density at radius 3 is 3.00 bits per heavy atom. The Kier molecular flexibility index (Phi) is 5.42. The number of methoxy groups -OCH3 is 1. The molecular formula is C10H20N2O2S. The predicted octanol–water partition coefficient (Wildman–Crippen LogP) is 0.231. The molecule has 0 spiro atoms. The molecule has 0 aliphatic carbocycles. The van der Waals surface area contributed by atoms with Crippen LogP contribution >= 0.6 is 11.8 Å². The minimum Gasteiger partial charge on any atom is -0.380 e. The maximum absolute atomic E-state index is 11.7. The van der Waals surface area contributed by atoms with E-state index in [1.54, 1.807) is 18.9 Å². The zero-order valence-electron chi connectivity index (χ0n) is 9.58. The summed E-state index contributed by atoms with van der Waals surface area (Å²) >= 11 is 1.75. The highest BCUT2D eigenvalue weighted by Gasteiger charge is 2.29. The summed E-state index contributed by atoms with van der Waals surface area (Å²) in [5.41, 5.74) is 0. The zero-order chi connectivity index (χ0) is 11.3. The number of thioether (sulfide) groups is 1. The van der Waals surface area contributed by atoms with E-state index in [-0.39, 0.29) is 18.1 Å². The molecule has 0 saturated carbocycles. The topological polar surface area (TPSA) is 50.4 Å². The third-order valence-electron chi connectivity index (χ3n) is 2.71. The van der Waals surface area contributed by atoms with Crippen molar-refractivity contribution in [3.05, 3.63) is 0 Å². The van der Waals surface area contributed by atoms with Gasteiger partial charge in [0, 0.05) is 25.4 Å². The normalized spacial score (nSPS) is 27.7. The van der Waals surface area contributed by atoms with Gasteiger partial charge in [0.25, 0.3) is 0 Å². The van der Waals surface area contributed by atoms with Crippen molar-refractivity contribution in [3.63, 3.8) is 0 Å². The third kappa shape index (κ3) is 4.01. The van der Waals surface area contributed by atoms with E-state index in [2.05, 4.69) is 17.6 Å². The molecule has 2 N–H and O–H groups in total. The van der Waals surface area contributed by atoms with Gasteiger partial charge in [-0.3, -0.25) is 4.79 Å². The number of nitrogens with one attached hydrogen (secondary N) is 2. The summed E-state index contributed by atoms with van der Waals surface area (Å²) in [7, 11) is 1.68. The summed E-state index contributed by atoms with van der Waals surface area (Å²) in [6.45, 7) is 3.60. The van der Waals surface area contributed by atoms with E-state index in [0.29, 0.717) is 5.25 Å². The Morgan fingerprint density at radius 1 is 1.73 bits per heavy atom. The number of rotatable bonds is 5. The van der Waals surface area contributed by atoms with Crippen LogP contribution in [0, 0.1) is 0 Å². The molecule has 1 aliphatic heterocycles. The first-order valence-electron chi connectivity index (χ1n) is 5.24. The minimum absolute atomic E-state index is 0.0796. The van der Waals surface area contributed by atoms with Crippen LogP contribution in [0.5, 0.6) is 0 Å². The van der Waals surface area contributed by atoms with Gasteiger partial charge in [0.05, 0.1) is 12.1 Å². The lowest BCUT2D eigenvalue weighted by Gasteiger charge is -2.13. The van der Waals surface area contributed by atoms with Crippen LogP contribution in [0.2, 0.25) is 0 Å². The van der Waals surface area contributed by atoms with Crippen molar-refractivity contribution in [2.45, 2.75) is 30.7 Å². The van der Waals surface area contributed by atoms with Gasteiger partial charge in [-0.05, 0) is 12.7 Å². The first-order valence-corrected chi connectivity index (χ1v) is 6.52.